The summed E-state index contributed by atoms with van der Waals surface area (Å²) in [6.45, 7) is 3.00. The number of pyridine rings is 1. The first kappa shape index (κ1) is 17.7. The Morgan fingerprint density at radius 1 is 1.00 bits per heavy atom. The van der Waals surface area contributed by atoms with Gasteiger partial charge in [-0.1, -0.05) is 30.3 Å². The third kappa shape index (κ3) is 3.86. The van der Waals surface area contributed by atoms with Crippen molar-refractivity contribution in [3.63, 3.8) is 0 Å². The van der Waals surface area contributed by atoms with Gasteiger partial charge in [-0.25, -0.2) is 4.98 Å². The van der Waals surface area contributed by atoms with Crippen LogP contribution in [0.25, 0.3) is 11.0 Å². The van der Waals surface area contributed by atoms with E-state index in [1.807, 2.05) is 61.5 Å². The molecule has 1 N–H and O–H groups in total. The second-order valence-electron chi connectivity index (χ2n) is 6.31. The third-order valence-corrected chi connectivity index (χ3v) is 4.40. The molecule has 0 amide bonds. The quantitative estimate of drug-likeness (QED) is 0.551. The van der Waals surface area contributed by atoms with Gasteiger partial charge in [-0.05, 0) is 42.8 Å². The molecular formula is C22H20N4O2. The van der Waals surface area contributed by atoms with Crippen LogP contribution in [0.15, 0.2) is 77.7 Å². The van der Waals surface area contributed by atoms with Crippen LogP contribution in [-0.4, -0.2) is 14.5 Å². The van der Waals surface area contributed by atoms with E-state index in [1.54, 1.807) is 16.8 Å². The summed E-state index contributed by atoms with van der Waals surface area (Å²) in [7, 11) is 0. The second-order valence-corrected chi connectivity index (χ2v) is 6.31. The largest absolute Gasteiger partial charge is 0.489 e. The molecule has 0 aliphatic carbocycles. The molecule has 2 aromatic carbocycles. The minimum Gasteiger partial charge on any atom is -0.489 e. The first-order valence-corrected chi connectivity index (χ1v) is 9.13. The van der Waals surface area contributed by atoms with Gasteiger partial charge in [-0.3, -0.25) is 9.36 Å². The maximum absolute atomic E-state index is 12.0. The number of nitrogens with one attached hydrogen (secondary N) is 1. The minimum atomic E-state index is -0.0698. The van der Waals surface area contributed by atoms with E-state index in [2.05, 4.69) is 15.3 Å². The molecule has 28 heavy (non-hydrogen) atoms. The fourth-order valence-electron chi connectivity index (χ4n) is 2.94. The summed E-state index contributed by atoms with van der Waals surface area (Å²) in [4.78, 5) is 20.9. The summed E-state index contributed by atoms with van der Waals surface area (Å²) in [5.74, 6) is 1.23. The molecule has 0 spiro atoms. The third-order valence-electron chi connectivity index (χ3n) is 4.40. The van der Waals surface area contributed by atoms with Crippen molar-refractivity contribution in [1.82, 2.24) is 14.5 Å². The Bertz CT molecular complexity index is 1140. The molecule has 4 rings (SSSR count). The standard InChI is InChI=1S/C22H20N4O2/c1-2-26-20(27)13-8-17-14-23-22(25-21(17)26)24-18-9-11-19(12-10-18)28-15-16-6-4-3-5-7-16/h3-14H,2,15H2,1H3,(H,23,24,25). The average molecular weight is 372 g/mol. The topological polar surface area (TPSA) is 69.0 Å². The molecule has 4 aromatic rings. The SMILES string of the molecule is CCn1c(=O)ccc2cnc(Nc3ccc(OCc4ccccc4)cc3)nc21. The molecule has 0 unspecified atom stereocenters. The number of ether oxygens (including phenoxy) is 1. The Labute approximate surface area is 162 Å². The highest BCUT2D eigenvalue weighted by atomic mass is 16.5. The maximum atomic E-state index is 12.0. The van der Waals surface area contributed by atoms with E-state index in [0.29, 0.717) is 24.7 Å². The molecule has 0 bridgehead atoms. The highest BCUT2D eigenvalue weighted by molar-refractivity contribution is 5.75. The van der Waals surface area contributed by atoms with E-state index < -0.39 is 0 Å². The Kier molecular flexibility index (Phi) is 5.01. The monoisotopic (exact) mass is 372 g/mol. The zero-order valence-corrected chi connectivity index (χ0v) is 15.5. The van der Waals surface area contributed by atoms with Crippen molar-refractivity contribution >= 4 is 22.7 Å². The molecule has 0 saturated carbocycles. The lowest BCUT2D eigenvalue weighted by atomic mass is 10.2. The zero-order valence-electron chi connectivity index (χ0n) is 15.5. The number of aryl methyl sites for hydroxylation is 1. The lowest BCUT2D eigenvalue weighted by Gasteiger charge is -2.10. The molecule has 0 aliphatic heterocycles. The summed E-state index contributed by atoms with van der Waals surface area (Å²) in [6, 6.07) is 20.9. The number of nitrogens with zero attached hydrogens (tertiary/aromatic N) is 3. The number of rotatable bonds is 6. The number of hydrogen-bond acceptors (Lipinski definition) is 5. The number of aromatic nitrogens is 3. The minimum absolute atomic E-state index is 0.0698. The van der Waals surface area contributed by atoms with Gasteiger partial charge in [0.05, 0.1) is 0 Å². The zero-order chi connectivity index (χ0) is 19.3. The van der Waals surface area contributed by atoms with E-state index in [1.165, 1.54) is 6.07 Å². The summed E-state index contributed by atoms with van der Waals surface area (Å²) in [5.41, 5.74) is 2.51. The van der Waals surface area contributed by atoms with Gasteiger partial charge in [0.25, 0.3) is 5.56 Å². The van der Waals surface area contributed by atoms with E-state index in [-0.39, 0.29) is 5.56 Å². The molecule has 6 heteroatoms. The number of fused-ring (bicyclic) bond motifs is 1. The Balaban J connectivity index is 1.49. The van der Waals surface area contributed by atoms with Gasteiger partial charge >= 0.3 is 0 Å². The summed E-state index contributed by atoms with van der Waals surface area (Å²) in [5, 5.41) is 4.00. The lowest BCUT2D eigenvalue weighted by Crippen LogP contribution is -2.19. The second kappa shape index (κ2) is 7.92. The molecule has 6 nitrogen and oxygen atoms in total. The van der Waals surface area contributed by atoms with Crippen LogP contribution in [0.1, 0.15) is 12.5 Å². The van der Waals surface area contributed by atoms with Gasteiger partial charge < -0.3 is 10.1 Å². The lowest BCUT2D eigenvalue weighted by molar-refractivity contribution is 0.306. The molecule has 0 aliphatic rings. The highest BCUT2D eigenvalue weighted by Crippen LogP contribution is 2.20. The molecule has 0 saturated heterocycles. The Morgan fingerprint density at radius 2 is 1.79 bits per heavy atom. The van der Waals surface area contributed by atoms with Crippen molar-refractivity contribution in [3.8, 4) is 5.75 Å². The summed E-state index contributed by atoms with van der Waals surface area (Å²) in [6.07, 6.45) is 1.72. The van der Waals surface area contributed by atoms with Gasteiger partial charge in [0.2, 0.25) is 5.95 Å². The molecule has 0 radical (unpaired) electrons. The normalized spacial score (nSPS) is 10.8. The van der Waals surface area contributed by atoms with Crippen molar-refractivity contribution in [1.29, 1.82) is 0 Å². The van der Waals surface area contributed by atoms with E-state index >= 15 is 0 Å². The number of anilines is 2. The predicted molar refractivity (Wildman–Crippen MR) is 110 cm³/mol. The van der Waals surface area contributed by atoms with Crippen molar-refractivity contribution < 1.29 is 4.74 Å². The van der Waals surface area contributed by atoms with Crippen LogP contribution in [0.5, 0.6) is 5.75 Å². The average Bonchev–Trinajstić information content (AvgIpc) is 2.74. The summed E-state index contributed by atoms with van der Waals surface area (Å²) < 4.78 is 7.43. The molecule has 2 aromatic heterocycles. The van der Waals surface area contributed by atoms with Crippen LogP contribution in [0.4, 0.5) is 11.6 Å². The highest BCUT2D eigenvalue weighted by Gasteiger charge is 2.06. The molecular weight excluding hydrogens is 352 g/mol. The molecule has 2 heterocycles. The number of benzene rings is 2. The van der Waals surface area contributed by atoms with Crippen molar-refractivity contribution in [2.45, 2.75) is 20.1 Å². The van der Waals surface area contributed by atoms with Gasteiger partial charge in [-0.15, -0.1) is 0 Å². The Hall–Kier alpha value is -3.67. The van der Waals surface area contributed by atoms with Gasteiger partial charge in [0.1, 0.15) is 18.0 Å². The van der Waals surface area contributed by atoms with Crippen molar-refractivity contribution in [2.75, 3.05) is 5.32 Å². The van der Waals surface area contributed by atoms with Crippen molar-refractivity contribution in [2.24, 2.45) is 0 Å². The maximum Gasteiger partial charge on any atom is 0.252 e. The molecule has 0 fully saturated rings. The fourth-order valence-corrected chi connectivity index (χ4v) is 2.94. The first-order chi connectivity index (χ1) is 13.7. The predicted octanol–water partition coefficient (Wildman–Crippen LogP) is 4.13. The van der Waals surface area contributed by atoms with Crippen LogP contribution in [-0.2, 0) is 13.2 Å². The van der Waals surface area contributed by atoms with Gasteiger partial charge in [0.15, 0.2) is 0 Å². The van der Waals surface area contributed by atoms with Crippen LogP contribution in [0.2, 0.25) is 0 Å². The first-order valence-electron chi connectivity index (χ1n) is 9.13. The molecule has 140 valence electrons. The smallest absolute Gasteiger partial charge is 0.252 e. The van der Waals surface area contributed by atoms with Crippen LogP contribution < -0.4 is 15.6 Å². The van der Waals surface area contributed by atoms with E-state index in [0.717, 1.165) is 22.4 Å². The van der Waals surface area contributed by atoms with Crippen LogP contribution in [0, 0.1) is 0 Å². The molecule has 0 atom stereocenters. The Morgan fingerprint density at radius 3 is 2.54 bits per heavy atom. The fraction of sp³-hybridized carbons (Fsp3) is 0.136. The number of hydrogen-bond donors (Lipinski definition) is 1. The van der Waals surface area contributed by atoms with Gasteiger partial charge in [-0.2, -0.15) is 4.98 Å². The van der Waals surface area contributed by atoms with E-state index in [9.17, 15) is 4.79 Å². The van der Waals surface area contributed by atoms with Crippen LogP contribution in [0.3, 0.4) is 0 Å². The van der Waals surface area contributed by atoms with Crippen LogP contribution >= 0.6 is 0 Å². The van der Waals surface area contributed by atoms with Gasteiger partial charge in [0, 0.05) is 29.9 Å². The van der Waals surface area contributed by atoms with Crippen molar-refractivity contribution in [3.05, 3.63) is 88.8 Å². The van der Waals surface area contributed by atoms with E-state index in [4.69, 9.17) is 4.74 Å². The summed E-state index contributed by atoms with van der Waals surface area (Å²) >= 11 is 0.